The Bertz CT molecular complexity index is 570. The van der Waals surface area contributed by atoms with E-state index in [4.69, 9.17) is 26.9 Å². The van der Waals surface area contributed by atoms with Gasteiger partial charge in [-0.3, -0.25) is 14.5 Å². The molecule has 150 valence electrons. The topological polar surface area (TPSA) is 87.5 Å². The van der Waals surface area contributed by atoms with E-state index in [1.807, 2.05) is 24.3 Å². The predicted molar refractivity (Wildman–Crippen MR) is 110 cm³/mol. The van der Waals surface area contributed by atoms with E-state index in [0.717, 1.165) is 30.3 Å². The lowest BCUT2D eigenvalue weighted by molar-refractivity contribution is -0.122. The number of rotatable bonds is 6. The molecule has 0 radical (unpaired) electrons. The number of benzene rings is 1. The molecule has 1 aromatic carbocycles. The molecule has 1 heterocycles. The molecule has 1 aliphatic heterocycles. The molecule has 1 unspecified atom stereocenters. The number of piperidine rings is 1. The summed E-state index contributed by atoms with van der Waals surface area (Å²) in [5.74, 6) is 0. The molecule has 0 aromatic heterocycles. The maximum absolute atomic E-state index is 8.81. The molecule has 2 aliphatic rings. The van der Waals surface area contributed by atoms with Crippen LogP contribution in [0.15, 0.2) is 24.3 Å². The molecule has 2 fully saturated rings. The highest BCUT2D eigenvalue weighted by molar-refractivity contribution is 6.30. The van der Waals surface area contributed by atoms with Crippen LogP contribution < -0.4 is 16.6 Å². The lowest BCUT2D eigenvalue weighted by Gasteiger charge is -2.52. The van der Waals surface area contributed by atoms with Crippen molar-refractivity contribution in [3.8, 4) is 0 Å². The molecule has 0 bridgehead atoms. The van der Waals surface area contributed by atoms with E-state index in [-0.39, 0.29) is 12.6 Å². The van der Waals surface area contributed by atoms with Crippen LogP contribution >= 0.6 is 11.6 Å². The smallest absolute Gasteiger partial charge is 0.182 e. The van der Waals surface area contributed by atoms with Gasteiger partial charge in [-0.25, -0.2) is 5.43 Å². The Morgan fingerprint density at radius 3 is 2.41 bits per heavy atom. The molecule has 7 heteroatoms. The average molecular weight is 395 g/mol. The first-order valence-electron chi connectivity index (χ1n) is 9.75. The predicted octanol–water partition coefficient (Wildman–Crippen LogP) is 2.77. The summed E-state index contributed by atoms with van der Waals surface area (Å²) in [5, 5.41) is 0.770. The normalized spacial score (nSPS) is 21.8. The van der Waals surface area contributed by atoms with Crippen LogP contribution in [0.3, 0.4) is 0 Å². The van der Waals surface area contributed by atoms with Crippen LogP contribution in [0.2, 0.25) is 5.02 Å². The van der Waals surface area contributed by atoms with E-state index in [1.165, 1.54) is 44.9 Å². The Balaban J connectivity index is 0.000000596. The second-order valence-electron chi connectivity index (χ2n) is 7.30. The zero-order chi connectivity index (χ0) is 19.5. The molecule has 27 heavy (non-hydrogen) atoms. The third kappa shape index (κ3) is 6.57. The number of hydrazine groups is 1. The summed E-state index contributed by atoms with van der Waals surface area (Å²) in [6.45, 7) is 2.96. The van der Waals surface area contributed by atoms with Crippen LogP contribution in [0.1, 0.15) is 44.9 Å². The highest BCUT2D eigenvalue weighted by Crippen LogP contribution is 2.40. The monoisotopic (exact) mass is 394 g/mol. The van der Waals surface area contributed by atoms with Crippen LogP contribution in [0, 0.1) is 0 Å². The van der Waals surface area contributed by atoms with Crippen LogP contribution in [0.4, 0.5) is 5.69 Å². The lowest BCUT2D eigenvalue weighted by atomic mass is 9.73. The van der Waals surface area contributed by atoms with Gasteiger partial charge in [-0.15, -0.1) is 0 Å². The fourth-order valence-electron chi connectivity index (χ4n) is 4.32. The zero-order valence-corrected chi connectivity index (χ0v) is 16.6. The van der Waals surface area contributed by atoms with Gasteiger partial charge in [-0.05, 0) is 49.9 Å². The maximum Gasteiger partial charge on any atom is 0.182 e. The summed E-state index contributed by atoms with van der Waals surface area (Å²) in [6, 6.07) is 8.36. The molecular formula is C20H31ClN4O2. The number of hydrogen-bond donors (Lipinski definition) is 3. The van der Waals surface area contributed by atoms with Crippen molar-refractivity contribution < 1.29 is 9.59 Å². The standard InChI is InChI=1S/C18H29ClN4.C2H2O2/c19-15-4-6-16(7-5-15)21-22-17-8-12-23(13-11-20)18(14-17)9-2-1-3-10-18;3-1-2-4/h4-7,17,21-22H,1-3,8-14,20H2;1-2H. The van der Waals surface area contributed by atoms with Gasteiger partial charge in [0.1, 0.15) is 0 Å². The van der Waals surface area contributed by atoms with Gasteiger partial charge in [0.15, 0.2) is 12.6 Å². The Morgan fingerprint density at radius 1 is 1.15 bits per heavy atom. The van der Waals surface area contributed by atoms with Gasteiger partial charge in [-0.1, -0.05) is 30.9 Å². The largest absolute Gasteiger partial charge is 0.329 e. The average Bonchev–Trinajstić information content (AvgIpc) is 2.70. The van der Waals surface area contributed by atoms with E-state index in [2.05, 4.69) is 15.8 Å². The highest BCUT2D eigenvalue weighted by Gasteiger charge is 2.42. The van der Waals surface area contributed by atoms with Crippen molar-refractivity contribution in [2.45, 2.75) is 56.5 Å². The minimum absolute atomic E-state index is 0.194. The van der Waals surface area contributed by atoms with Crippen molar-refractivity contribution >= 4 is 29.9 Å². The van der Waals surface area contributed by atoms with Gasteiger partial charge in [-0.2, -0.15) is 0 Å². The molecule has 1 spiro atoms. The molecular weight excluding hydrogens is 364 g/mol. The third-order valence-electron chi connectivity index (χ3n) is 5.55. The molecule has 4 N–H and O–H groups in total. The fraction of sp³-hybridized carbons (Fsp3) is 0.600. The number of hydrogen-bond acceptors (Lipinski definition) is 6. The van der Waals surface area contributed by atoms with Gasteiger partial charge in [0.2, 0.25) is 0 Å². The van der Waals surface area contributed by atoms with E-state index in [0.29, 0.717) is 11.6 Å². The summed E-state index contributed by atoms with van der Waals surface area (Å²) in [5.41, 5.74) is 14.2. The van der Waals surface area contributed by atoms with Crippen molar-refractivity contribution in [3.63, 3.8) is 0 Å². The summed E-state index contributed by atoms with van der Waals surface area (Å²) in [7, 11) is 0. The number of nitrogens with one attached hydrogen (secondary N) is 2. The van der Waals surface area contributed by atoms with Crippen molar-refractivity contribution in [1.82, 2.24) is 10.3 Å². The van der Waals surface area contributed by atoms with Gasteiger partial charge < -0.3 is 11.2 Å². The molecule has 6 nitrogen and oxygen atoms in total. The molecule has 0 amide bonds. The Hall–Kier alpha value is -1.47. The van der Waals surface area contributed by atoms with Gasteiger partial charge in [0, 0.05) is 41.9 Å². The lowest BCUT2D eigenvalue weighted by Crippen LogP contribution is -2.60. The first-order chi connectivity index (χ1) is 13.1. The van der Waals surface area contributed by atoms with Crippen molar-refractivity contribution in [2.75, 3.05) is 25.1 Å². The first kappa shape index (κ1) is 21.8. The zero-order valence-electron chi connectivity index (χ0n) is 15.8. The summed E-state index contributed by atoms with van der Waals surface area (Å²) in [4.78, 5) is 20.3. The van der Waals surface area contributed by atoms with E-state index >= 15 is 0 Å². The number of aldehydes is 2. The van der Waals surface area contributed by atoms with Gasteiger partial charge in [0.05, 0.1) is 0 Å². The van der Waals surface area contributed by atoms with E-state index in [9.17, 15) is 0 Å². The number of halogens is 1. The number of likely N-dealkylation sites (tertiary alicyclic amines) is 1. The van der Waals surface area contributed by atoms with Crippen molar-refractivity contribution in [2.24, 2.45) is 5.73 Å². The van der Waals surface area contributed by atoms with Crippen LogP contribution in [-0.2, 0) is 9.59 Å². The Kier molecular flexibility index (Phi) is 9.21. The molecule has 1 saturated carbocycles. The Morgan fingerprint density at radius 2 is 1.81 bits per heavy atom. The number of carbonyl (C=O) groups excluding carboxylic acids is 2. The summed E-state index contributed by atoms with van der Waals surface area (Å²) in [6.07, 6.45) is 9.53. The van der Waals surface area contributed by atoms with Crippen LogP contribution in [0.25, 0.3) is 0 Å². The van der Waals surface area contributed by atoms with Gasteiger partial charge in [0.25, 0.3) is 0 Å². The van der Waals surface area contributed by atoms with Crippen molar-refractivity contribution in [3.05, 3.63) is 29.3 Å². The molecule has 3 rings (SSSR count). The molecule has 1 atom stereocenters. The minimum Gasteiger partial charge on any atom is -0.329 e. The number of nitrogens with zero attached hydrogens (tertiary/aromatic N) is 1. The van der Waals surface area contributed by atoms with Crippen LogP contribution in [-0.4, -0.2) is 48.7 Å². The third-order valence-corrected chi connectivity index (χ3v) is 5.80. The number of nitrogens with two attached hydrogens (primary N) is 1. The fourth-order valence-corrected chi connectivity index (χ4v) is 4.44. The Labute approximate surface area is 166 Å². The highest BCUT2D eigenvalue weighted by atomic mass is 35.5. The quantitative estimate of drug-likeness (QED) is 0.390. The number of anilines is 1. The van der Waals surface area contributed by atoms with Gasteiger partial charge >= 0.3 is 0 Å². The maximum atomic E-state index is 8.81. The van der Waals surface area contributed by atoms with E-state index in [1.54, 1.807) is 0 Å². The second kappa shape index (κ2) is 11.4. The summed E-state index contributed by atoms with van der Waals surface area (Å²) < 4.78 is 0. The first-order valence-corrected chi connectivity index (χ1v) is 10.1. The second-order valence-corrected chi connectivity index (χ2v) is 7.74. The van der Waals surface area contributed by atoms with Crippen molar-refractivity contribution in [1.29, 1.82) is 0 Å². The SMILES string of the molecule is NCCN1CCC(NNc2ccc(Cl)cc2)CC12CCCCC2.O=CC=O. The number of carbonyl (C=O) groups is 2. The molecule has 1 saturated heterocycles. The minimum atomic E-state index is 0.194. The van der Waals surface area contributed by atoms with Crippen LogP contribution in [0.5, 0.6) is 0 Å². The summed E-state index contributed by atoms with van der Waals surface area (Å²) >= 11 is 5.94. The van der Waals surface area contributed by atoms with E-state index < -0.39 is 0 Å². The molecule has 1 aliphatic carbocycles. The molecule has 1 aromatic rings.